The predicted octanol–water partition coefficient (Wildman–Crippen LogP) is 3.76. The molecule has 5 heteroatoms. The summed E-state index contributed by atoms with van der Waals surface area (Å²) in [4.78, 5) is 4.49. The number of aromatic nitrogens is 1. The van der Waals surface area contributed by atoms with Gasteiger partial charge in [0.2, 0.25) is 5.13 Å². The van der Waals surface area contributed by atoms with E-state index < -0.39 is 0 Å². The van der Waals surface area contributed by atoms with E-state index in [1.807, 2.05) is 17.5 Å². The molecular formula is C15H16N4S. The van der Waals surface area contributed by atoms with Gasteiger partial charge >= 0.3 is 0 Å². The molecule has 0 saturated carbocycles. The van der Waals surface area contributed by atoms with Gasteiger partial charge in [-0.15, -0.1) is 11.3 Å². The fraction of sp³-hybridized carbons (Fsp3) is 0.267. The first kappa shape index (κ1) is 14.2. The lowest BCUT2D eigenvalue weighted by atomic mass is 9.93. The first-order valence-corrected chi connectivity index (χ1v) is 7.12. The predicted molar refractivity (Wildman–Crippen MR) is 83.2 cm³/mol. The minimum Gasteiger partial charge on any atom is -0.253 e. The average molecular weight is 284 g/mol. The summed E-state index contributed by atoms with van der Waals surface area (Å²) in [5.41, 5.74) is 5.61. The number of nitriles is 1. The van der Waals surface area contributed by atoms with E-state index in [4.69, 9.17) is 5.26 Å². The Labute approximate surface area is 122 Å². The number of hydrazone groups is 1. The molecule has 102 valence electrons. The third-order valence-corrected chi connectivity index (χ3v) is 3.43. The first-order chi connectivity index (χ1) is 9.49. The molecule has 0 aliphatic heterocycles. The molecule has 0 atom stereocenters. The molecule has 20 heavy (non-hydrogen) atoms. The molecule has 0 unspecified atom stereocenters. The SMILES string of the molecule is CC(C)(C)c1csc(N/N=C/c2ccc(C#N)cc2)n1. The Hall–Kier alpha value is -2.19. The highest BCUT2D eigenvalue weighted by Gasteiger charge is 2.17. The smallest absolute Gasteiger partial charge is 0.203 e. The highest BCUT2D eigenvalue weighted by molar-refractivity contribution is 7.13. The molecule has 0 aliphatic rings. The Balaban J connectivity index is 1.99. The number of nitrogens with zero attached hydrogens (tertiary/aromatic N) is 3. The van der Waals surface area contributed by atoms with Crippen LogP contribution in [0.25, 0.3) is 0 Å². The van der Waals surface area contributed by atoms with Crippen molar-refractivity contribution in [3.63, 3.8) is 0 Å². The largest absolute Gasteiger partial charge is 0.253 e. The summed E-state index contributed by atoms with van der Waals surface area (Å²) in [5, 5.41) is 15.7. The number of hydrogen-bond acceptors (Lipinski definition) is 5. The van der Waals surface area contributed by atoms with Gasteiger partial charge in [0, 0.05) is 10.8 Å². The van der Waals surface area contributed by atoms with Crippen molar-refractivity contribution < 1.29 is 0 Å². The van der Waals surface area contributed by atoms with Crippen molar-refractivity contribution in [2.75, 3.05) is 5.43 Å². The van der Waals surface area contributed by atoms with Crippen LogP contribution in [0, 0.1) is 11.3 Å². The molecule has 0 amide bonds. The molecule has 0 aliphatic carbocycles. The third kappa shape index (κ3) is 3.65. The summed E-state index contributed by atoms with van der Waals surface area (Å²) in [5.74, 6) is 0. The maximum Gasteiger partial charge on any atom is 0.203 e. The van der Waals surface area contributed by atoms with E-state index in [0.29, 0.717) is 5.56 Å². The molecule has 4 nitrogen and oxygen atoms in total. The third-order valence-electron chi connectivity index (χ3n) is 2.69. The Kier molecular flexibility index (Phi) is 4.16. The number of rotatable bonds is 3. The van der Waals surface area contributed by atoms with E-state index in [9.17, 15) is 0 Å². The van der Waals surface area contributed by atoms with E-state index in [-0.39, 0.29) is 5.41 Å². The van der Waals surface area contributed by atoms with Gasteiger partial charge in [-0.3, -0.25) is 5.43 Å². The zero-order valence-electron chi connectivity index (χ0n) is 11.7. The lowest BCUT2D eigenvalue weighted by Crippen LogP contribution is -2.11. The molecular weight excluding hydrogens is 268 g/mol. The maximum atomic E-state index is 8.72. The van der Waals surface area contributed by atoms with Crippen LogP contribution in [-0.2, 0) is 5.41 Å². The van der Waals surface area contributed by atoms with Crippen LogP contribution in [0.4, 0.5) is 5.13 Å². The van der Waals surface area contributed by atoms with E-state index in [2.05, 4.69) is 42.4 Å². The quantitative estimate of drug-likeness (QED) is 0.689. The second kappa shape index (κ2) is 5.85. The van der Waals surface area contributed by atoms with Crippen molar-refractivity contribution in [1.82, 2.24) is 4.98 Å². The Morgan fingerprint density at radius 3 is 2.55 bits per heavy atom. The fourth-order valence-corrected chi connectivity index (χ4v) is 2.36. The van der Waals surface area contributed by atoms with E-state index in [0.717, 1.165) is 16.4 Å². The van der Waals surface area contributed by atoms with Gasteiger partial charge in [0.05, 0.1) is 23.5 Å². The zero-order valence-corrected chi connectivity index (χ0v) is 12.5. The van der Waals surface area contributed by atoms with Crippen LogP contribution in [0.3, 0.4) is 0 Å². The fourth-order valence-electron chi connectivity index (χ4n) is 1.48. The van der Waals surface area contributed by atoms with Crippen molar-refractivity contribution in [3.8, 4) is 6.07 Å². The van der Waals surface area contributed by atoms with Crippen LogP contribution in [-0.4, -0.2) is 11.2 Å². The number of thiazole rings is 1. The molecule has 0 saturated heterocycles. The molecule has 0 bridgehead atoms. The van der Waals surface area contributed by atoms with Crippen LogP contribution >= 0.6 is 11.3 Å². The molecule has 1 heterocycles. The summed E-state index contributed by atoms with van der Waals surface area (Å²) in [6.07, 6.45) is 1.71. The summed E-state index contributed by atoms with van der Waals surface area (Å²) in [7, 11) is 0. The van der Waals surface area contributed by atoms with E-state index in [1.54, 1.807) is 18.3 Å². The van der Waals surface area contributed by atoms with Crippen LogP contribution in [0.2, 0.25) is 0 Å². The second-order valence-electron chi connectivity index (χ2n) is 5.39. The van der Waals surface area contributed by atoms with Crippen LogP contribution in [0.15, 0.2) is 34.7 Å². The molecule has 1 aromatic heterocycles. The van der Waals surface area contributed by atoms with Crippen molar-refractivity contribution in [2.24, 2.45) is 5.10 Å². The Morgan fingerprint density at radius 1 is 1.30 bits per heavy atom. The lowest BCUT2D eigenvalue weighted by Gasteiger charge is -2.13. The van der Waals surface area contributed by atoms with Crippen molar-refractivity contribution in [1.29, 1.82) is 5.26 Å². The van der Waals surface area contributed by atoms with Gasteiger partial charge in [0.25, 0.3) is 0 Å². The number of benzene rings is 1. The van der Waals surface area contributed by atoms with Crippen LogP contribution < -0.4 is 5.43 Å². The summed E-state index contributed by atoms with van der Waals surface area (Å²) >= 11 is 1.54. The average Bonchev–Trinajstić information content (AvgIpc) is 2.88. The summed E-state index contributed by atoms with van der Waals surface area (Å²) < 4.78 is 0. The topological polar surface area (TPSA) is 61.1 Å². The molecule has 0 spiro atoms. The molecule has 1 N–H and O–H groups in total. The van der Waals surface area contributed by atoms with Crippen LogP contribution in [0.1, 0.15) is 37.6 Å². The van der Waals surface area contributed by atoms with Crippen molar-refractivity contribution in [2.45, 2.75) is 26.2 Å². The number of hydrogen-bond donors (Lipinski definition) is 1. The highest BCUT2D eigenvalue weighted by atomic mass is 32.1. The normalized spacial score (nSPS) is 11.5. The number of nitrogens with one attached hydrogen (secondary N) is 1. The van der Waals surface area contributed by atoms with Gasteiger partial charge in [0.15, 0.2) is 0 Å². The first-order valence-electron chi connectivity index (χ1n) is 6.24. The van der Waals surface area contributed by atoms with Crippen LogP contribution in [0.5, 0.6) is 0 Å². The highest BCUT2D eigenvalue weighted by Crippen LogP contribution is 2.26. The Bertz CT molecular complexity index is 642. The maximum absolute atomic E-state index is 8.72. The van der Waals surface area contributed by atoms with Gasteiger partial charge in [0.1, 0.15) is 0 Å². The van der Waals surface area contributed by atoms with Gasteiger partial charge < -0.3 is 0 Å². The second-order valence-corrected chi connectivity index (χ2v) is 6.25. The molecule has 2 aromatic rings. The Morgan fingerprint density at radius 2 is 2.00 bits per heavy atom. The number of anilines is 1. The van der Waals surface area contributed by atoms with Gasteiger partial charge in [-0.05, 0) is 17.7 Å². The van der Waals surface area contributed by atoms with E-state index >= 15 is 0 Å². The van der Waals surface area contributed by atoms with Crippen molar-refractivity contribution >= 4 is 22.7 Å². The molecule has 2 rings (SSSR count). The van der Waals surface area contributed by atoms with Gasteiger partial charge in [-0.1, -0.05) is 32.9 Å². The lowest BCUT2D eigenvalue weighted by molar-refractivity contribution is 0.573. The molecule has 1 aromatic carbocycles. The minimum atomic E-state index is 0.0489. The molecule has 0 fully saturated rings. The standard InChI is InChI=1S/C15H16N4S/c1-15(2,3)13-10-20-14(18-13)19-17-9-12-6-4-11(8-16)5-7-12/h4-7,9-10H,1-3H3,(H,18,19)/b17-9+. The summed E-state index contributed by atoms with van der Waals surface area (Å²) in [6.45, 7) is 6.39. The summed E-state index contributed by atoms with van der Waals surface area (Å²) in [6, 6.07) is 9.32. The van der Waals surface area contributed by atoms with Gasteiger partial charge in [-0.25, -0.2) is 4.98 Å². The minimum absolute atomic E-state index is 0.0489. The van der Waals surface area contributed by atoms with Crippen molar-refractivity contribution in [3.05, 3.63) is 46.5 Å². The monoisotopic (exact) mass is 284 g/mol. The molecule has 0 radical (unpaired) electrons. The zero-order chi connectivity index (χ0) is 14.6. The van der Waals surface area contributed by atoms with E-state index in [1.165, 1.54) is 11.3 Å². The van der Waals surface area contributed by atoms with Gasteiger partial charge in [-0.2, -0.15) is 10.4 Å².